The molecule has 0 atom stereocenters. The highest BCUT2D eigenvalue weighted by atomic mass is 35.5. The van der Waals surface area contributed by atoms with Gasteiger partial charge >= 0.3 is 5.69 Å². The third-order valence-corrected chi connectivity index (χ3v) is 6.75. The molecule has 0 radical (unpaired) electrons. The maximum Gasteiger partial charge on any atom is 0.331 e. The van der Waals surface area contributed by atoms with Crippen molar-refractivity contribution in [3.8, 4) is 0 Å². The minimum absolute atomic E-state index is 0.115. The maximum atomic E-state index is 12.3. The van der Waals surface area contributed by atoms with Crippen LogP contribution >= 0.6 is 23.4 Å². The molecule has 1 aromatic carbocycles. The van der Waals surface area contributed by atoms with Crippen molar-refractivity contribution in [2.24, 2.45) is 0 Å². The number of hydrogen-bond acceptors (Lipinski definition) is 4. The number of H-pyrrole nitrogens is 1. The second kappa shape index (κ2) is 8.40. The van der Waals surface area contributed by atoms with Crippen LogP contribution < -0.4 is 11.2 Å². The van der Waals surface area contributed by atoms with Crippen LogP contribution in [-0.4, -0.2) is 24.2 Å². The first-order valence-corrected chi connectivity index (χ1v) is 12.9. The fourth-order valence-electron chi connectivity index (χ4n) is 2.08. The third kappa shape index (κ3) is 5.88. The van der Waals surface area contributed by atoms with E-state index in [9.17, 15) is 9.59 Å². The van der Waals surface area contributed by atoms with Crippen LogP contribution in [0.1, 0.15) is 5.56 Å². The molecule has 0 bridgehead atoms. The molecule has 1 N–H and O–H groups in total. The standard InChI is InChI=1S/C17H23ClN2O3SSi/c1-12-15(21)19-17(22)20(11-23-8-9-25(2,3)4)16(12)24-14-7-5-6-13(18)10-14/h5-7,10H,8-9,11H2,1-4H3,(H,19,21,22). The van der Waals surface area contributed by atoms with E-state index in [1.165, 1.54) is 16.3 Å². The lowest BCUT2D eigenvalue weighted by Crippen LogP contribution is -2.34. The Kier molecular flexibility index (Phi) is 6.73. The van der Waals surface area contributed by atoms with E-state index in [0.717, 1.165) is 10.9 Å². The Labute approximate surface area is 157 Å². The van der Waals surface area contributed by atoms with Crippen molar-refractivity contribution >= 4 is 31.4 Å². The van der Waals surface area contributed by atoms with E-state index in [0.29, 0.717) is 22.2 Å². The van der Waals surface area contributed by atoms with Crippen LogP contribution in [-0.2, 0) is 11.5 Å². The average Bonchev–Trinajstić information content (AvgIpc) is 2.50. The van der Waals surface area contributed by atoms with Crippen LogP contribution in [0.2, 0.25) is 30.7 Å². The quantitative estimate of drug-likeness (QED) is 0.435. The minimum atomic E-state index is -1.20. The molecule has 0 spiro atoms. The van der Waals surface area contributed by atoms with Gasteiger partial charge < -0.3 is 4.74 Å². The zero-order valence-corrected chi connectivity index (χ0v) is 17.5. The summed E-state index contributed by atoms with van der Waals surface area (Å²) >= 11 is 7.36. The number of halogens is 1. The van der Waals surface area contributed by atoms with E-state index in [4.69, 9.17) is 16.3 Å². The topological polar surface area (TPSA) is 64.1 Å². The molecule has 0 saturated carbocycles. The fraction of sp³-hybridized carbons (Fsp3) is 0.412. The van der Waals surface area contributed by atoms with Crippen molar-refractivity contribution in [3.63, 3.8) is 0 Å². The second-order valence-corrected chi connectivity index (χ2v) is 14.1. The molecule has 25 heavy (non-hydrogen) atoms. The first kappa shape index (κ1) is 20.0. The number of ether oxygens (including phenoxy) is 1. The van der Waals surface area contributed by atoms with Gasteiger partial charge in [0, 0.05) is 30.2 Å². The third-order valence-electron chi connectivity index (χ3n) is 3.60. The normalized spacial score (nSPS) is 11.7. The van der Waals surface area contributed by atoms with Crippen LogP contribution in [0.25, 0.3) is 0 Å². The summed E-state index contributed by atoms with van der Waals surface area (Å²) in [5.41, 5.74) is -0.362. The molecule has 136 valence electrons. The molecule has 0 aliphatic heterocycles. The van der Waals surface area contributed by atoms with Crippen molar-refractivity contribution in [2.45, 2.75) is 49.3 Å². The van der Waals surface area contributed by atoms with Gasteiger partial charge in [-0.3, -0.25) is 14.3 Å². The van der Waals surface area contributed by atoms with Gasteiger partial charge in [0.05, 0.1) is 5.03 Å². The van der Waals surface area contributed by atoms with Crippen LogP contribution in [0.5, 0.6) is 0 Å². The Bertz CT molecular complexity index is 858. The van der Waals surface area contributed by atoms with E-state index in [1.807, 2.05) is 12.1 Å². The van der Waals surface area contributed by atoms with Crippen molar-refractivity contribution < 1.29 is 4.74 Å². The number of nitrogens with one attached hydrogen (secondary N) is 1. The molecule has 0 aliphatic carbocycles. The highest BCUT2D eigenvalue weighted by Crippen LogP contribution is 2.29. The van der Waals surface area contributed by atoms with Gasteiger partial charge in [0.1, 0.15) is 6.73 Å². The summed E-state index contributed by atoms with van der Waals surface area (Å²) < 4.78 is 7.17. The molecular formula is C17H23ClN2O3SSi. The highest BCUT2D eigenvalue weighted by Gasteiger charge is 2.15. The largest absolute Gasteiger partial charge is 0.361 e. The average molecular weight is 399 g/mol. The first-order valence-electron chi connectivity index (χ1n) is 8.02. The van der Waals surface area contributed by atoms with Crippen molar-refractivity contribution in [2.75, 3.05) is 6.61 Å². The molecule has 0 unspecified atom stereocenters. The lowest BCUT2D eigenvalue weighted by Gasteiger charge is -2.17. The first-order chi connectivity index (χ1) is 11.7. The molecule has 0 amide bonds. The number of hydrogen-bond donors (Lipinski definition) is 1. The SMILES string of the molecule is Cc1c(Sc2cccc(Cl)c2)n(COCC[Si](C)(C)C)c(=O)[nH]c1=O. The molecule has 1 heterocycles. The monoisotopic (exact) mass is 398 g/mol. The summed E-state index contributed by atoms with van der Waals surface area (Å²) in [7, 11) is -1.20. The molecular weight excluding hydrogens is 376 g/mol. The summed E-state index contributed by atoms with van der Waals surface area (Å²) in [6.45, 7) is 9.22. The number of rotatable bonds is 7. The van der Waals surface area contributed by atoms with Gasteiger partial charge in [0.2, 0.25) is 0 Å². The summed E-state index contributed by atoms with van der Waals surface area (Å²) in [5.74, 6) is 0. The van der Waals surface area contributed by atoms with Gasteiger partial charge in [0.25, 0.3) is 5.56 Å². The van der Waals surface area contributed by atoms with E-state index in [-0.39, 0.29) is 12.3 Å². The van der Waals surface area contributed by atoms with E-state index >= 15 is 0 Å². The maximum absolute atomic E-state index is 12.3. The Morgan fingerprint density at radius 2 is 2.00 bits per heavy atom. The highest BCUT2D eigenvalue weighted by molar-refractivity contribution is 7.99. The minimum Gasteiger partial charge on any atom is -0.361 e. The predicted octanol–water partition coefficient (Wildman–Crippen LogP) is 3.96. The van der Waals surface area contributed by atoms with Gasteiger partial charge in [-0.1, -0.05) is 49.1 Å². The Balaban J connectivity index is 2.27. The zero-order valence-electron chi connectivity index (χ0n) is 14.9. The van der Waals surface area contributed by atoms with Crippen LogP contribution in [0.4, 0.5) is 0 Å². The van der Waals surface area contributed by atoms with Crippen molar-refractivity contribution in [1.82, 2.24) is 9.55 Å². The number of aromatic nitrogens is 2. The van der Waals surface area contributed by atoms with Crippen LogP contribution in [0, 0.1) is 6.92 Å². The van der Waals surface area contributed by atoms with Gasteiger partial charge in [0.15, 0.2) is 0 Å². The van der Waals surface area contributed by atoms with Crippen LogP contribution in [0.3, 0.4) is 0 Å². The predicted molar refractivity (Wildman–Crippen MR) is 106 cm³/mol. The van der Waals surface area contributed by atoms with E-state index in [1.54, 1.807) is 19.1 Å². The van der Waals surface area contributed by atoms with Gasteiger partial charge in [-0.25, -0.2) is 4.79 Å². The molecule has 1 aromatic heterocycles. The Morgan fingerprint density at radius 3 is 2.64 bits per heavy atom. The molecule has 2 aromatic rings. The second-order valence-electron chi connectivity index (χ2n) is 7.02. The number of aromatic amines is 1. The van der Waals surface area contributed by atoms with Gasteiger partial charge in [-0.2, -0.15) is 0 Å². The lowest BCUT2D eigenvalue weighted by atomic mass is 10.4. The Hall–Kier alpha value is -1.28. The van der Waals surface area contributed by atoms with E-state index < -0.39 is 13.8 Å². The molecule has 5 nitrogen and oxygen atoms in total. The lowest BCUT2D eigenvalue weighted by molar-refractivity contribution is 0.0774. The van der Waals surface area contributed by atoms with Crippen molar-refractivity contribution in [3.05, 3.63) is 55.7 Å². The fourth-order valence-corrected chi connectivity index (χ4v) is 4.13. The smallest absolute Gasteiger partial charge is 0.331 e. The molecule has 0 fully saturated rings. The summed E-state index contributed by atoms with van der Waals surface area (Å²) in [6, 6.07) is 8.32. The molecule has 0 saturated heterocycles. The number of benzene rings is 1. The summed E-state index contributed by atoms with van der Waals surface area (Å²) in [4.78, 5) is 27.4. The molecule has 0 aliphatic rings. The van der Waals surface area contributed by atoms with Gasteiger partial charge in [-0.15, -0.1) is 0 Å². The molecule has 2 rings (SSSR count). The van der Waals surface area contributed by atoms with Crippen LogP contribution in [0.15, 0.2) is 43.8 Å². The summed E-state index contributed by atoms with van der Waals surface area (Å²) in [6.07, 6.45) is 0. The van der Waals surface area contributed by atoms with Gasteiger partial charge in [-0.05, 0) is 31.2 Å². The van der Waals surface area contributed by atoms with Crippen molar-refractivity contribution in [1.29, 1.82) is 0 Å². The Morgan fingerprint density at radius 1 is 1.28 bits per heavy atom. The zero-order chi connectivity index (χ0) is 18.6. The number of nitrogens with zero attached hydrogens (tertiary/aromatic N) is 1. The summed E-state index contributed by atoms with van der Waals surface area (Å²) in [5, 5.41) is 1.18. The molecule has 8 heteroatoms. The van der Waals surface area contributed by atoms with E-state index in [2.05, 4.69) is 24.6 Å².